The van der Waals surface area contributed by atoms with E-state index in [4.69, 9.17) is 0 Å². The van der Waals surface area contributed by atoms with Gasteiger partial charge in [-0.05, 0) is 41.3 Å². The Morgan fingerprint density at radius 3 is 2.58 bits per heavy atom. The number of fused-ring (bicyclic) bond motifs is 1. The topological polar surface area (TPSA) is 102 Å². The highest BCUT2D eigenvalue weighted by atomic mass is 32.1. The minimum absolute atomic E-state index is 0.169. The SMILES string of the molecule is CC(C)C[C@H](NC(=O)[C@H](Cc1ccccc1)NC(=O)N1CCc2ccsc2C1)B(O)O. The number of benzene rings is 1. The molecule has 0 bridgehead atoms. The zero-order valence-electron chi connectivity index (χ0n) is 18.0. The molecule has 0 unspecified atom stereocenters. The predicted molar refractivity (Wildman–Crippen MR) is 122 cm³/mol. The van der Waals surface area contributed by atoms with Crippen LogP contribution < -0.4 is 10.6 Å². The number of amides is 3. The van der Waals surface area contributed by atoms with Gasteiger partial charge in [-0.1, -0.05) is 44.2 Å². The number of nitrogens with zero attached hydrogens (tertiary/aromatic N) is 1. The number of hydrogen-bond donors (Lipinski definition) is 4. The largest absolute Gasteiger partial charge is 0.475 e. The second kappa shape index (κ2) is 10.8. The summed E-state index contributed by atoms with van der Waals surface area (Å²) in [5.41, 5.74) is 2.19. The molecule has 3 rings (SSSR count). The number of urea groups is 1. The van der Waals surface area contributed by atoms with Gasteiger partial charge in [-0.2, -0.15) is 0 Å². The van der Waals surface area contributed by atoms with Crippen molar-refractivity contribution in [2.45, 2.75) is 51.6 Å². The first-order valence-electron chi connectivity index (χ1n) is 10.6. The molecule has 1 aliphatic heterocycles. The molecule has 7 nitrogen and oxygen atoms in total. The molecular weight excluding hydrogens is 413 g/mol. The molecule has 1 aromatic heterocycles. The second-order valence-electron chi connectivity index (χ2n) is 8.39. The van der Waals surface area contributed by atoms with Crippen molar-refractivity contribution >= 4 is 30.4 Å². The van der Waals surface area contributed by atoms with Crippen molar-refractivity contribution in [3.63, 3.8) is 0 Å². The van der Waals surface area contributed by atoms with Crippen molar-refractivity contribution in [3.05, 3.63) is 57.8 Å². The standard InChI is InChI=1S/C22H30BN3O4S/c1-15(2)12-20(23(29)30)25-21(27)18(13-16-6-4-3-5-7-16)24-22(28)26-10-8-17-9-11-31-19(17)14-26/h3-7,9,11,15,18,20,29-30H,8,10,12-14H2,1-2H3,(H,24,28)(H,25,27)/t18-,20-/m0/s1. The van der Waals surface area contributed by atoms with Crippen molar-refractivity contribution in [3.8, 4) is 0 Å². The summed E-state index contributed by atoms with van der Waals surface area (Å²) in [6.07, 6.45) is 1.53. The van der Waals surface area contributed by atoms with Crippen LogP contribution in [0.25, 0.3) is 0 Å². The minimum Gasteiger partial charge on any atom is -0.426 e. The molecule has 4 N–H and O–H groups in total. The van der Waals surface area contributed by atoms with Crippen molar-refractivity contribution in [2.75, 3.05) is 6.54 Å². The van der Waals surface area contributed by atoms with Gasteiger partial charge < -0.3 is 25.6 Å². The first-order valence-corrected chi connectivity index (χ1v) is 11.5. The van der Waals surface area contributed by atoms with Gasteiger partial charge in [0.05, 0.1) is 12.5 Å². The number of carbonyl (C=O) groups is 2. The number of nitrogens with one attached hydrogen (secondary N) is 2. The highest BCUT2D eigenvalue weighted by Crippen LogP contribution is 2.24. The van der Waals surface area contributed by atoms with Crippen molar-refractivity contribution < 1.29 is 19.6 Å². The molecule has 0 fully saturated rings. The molecule has 0 saturated heterocycles. The van der Waals surface area contributed by atoms with Gasteiger partial charge in [0.15, 0.2) is 0 Å². The molecular formula is C22H30BN3O4S. The molecule has 0 spiro atoms. The average Bonchev–Trinajstić information content (AvgIpc) is 3.21. The quantitative estimate of drug-likeness (QED) is 0.469. The summed E-state index contributed by atoms with van der Waals surface area (Å²) in [4.78, 5) is 28.9. The Morgan fingerprint density at radius 2 is 1.90 bits per heavy atom. The van der Waals surface area contributed by atoms with E-state index in [1.54, 1.807) is 16.2 Å². The van der Waals surface area contributed by atoms with Crippen LogP contribution in [0, 0.1) is 5.92 Å². The van der Waals surface area contributed by atoms with Gasteiger partial charge >= 0.3 is 13.1 Å². The maximum Gasteiger partial charge on any atom is 0.475 e. The van der Waals surface area contributed by atoms with Crippen LogP contribution in [-0.2, 0) is 24.2 Å². The fraction of sp³-hybridized carbons (Fsp3) is 0.455. The second-order valence-corrected chi connectivity index (χ2v) is 9.39. The van der Waals surface area contributed by atoms with Crippen LogP contribution in [0.4, 0.5) is 4.79 Å². The van der Waals surface area contributed by atoms with Crippen LogP contribution in [0.5, 0.6) is 0 Å². The molecule has 1 aliphatic rings. The first kappa shape index (κ1) is 23.3. The maximum absolute atomic E-state index is 13.1. The lowest BCUT2D eigenvalue weighted by Crippen LogP contribution is -2.57. The van der Waals surface area contributed by atoms with Crippen molar-refractivity contribution in [2.24, 2.45) is 5.92 Å². The Morgan fingerprint density at radius 1 is 1.16 bits per heavy atom. The molecule has 166 valence electrons. The smallest absolute Gasteiger partial charge is 0.426 e. The lowest BCUT2D eigenvalue weighted by molar-refractivity contribution is -0.123. The Bertz CT molecular complexity index is 875. The molecule has 2 atom stereocenters. The van der Waals surface area contributed by atoms with E-state index in [0.717, 1.165) is 12.0 Å². The number of carbonyl (C=O) groups excluding carboxylic acids is 2. The fourth-order valence-corrected chi connectivity index (χ4v) is 4.70. The number of rotatable bonds is 8. The van der Waals surface area contributed by atoms with Crippen LogP contribution in [0.15, 0.2) is 41.8 Å². The summed E-state index contributed by atoms with van der Waals surface area (Å²) in [7, 11) is -1.67. The van der Waals surface area contributed by atoms with Crippen LogP contribution in [-0.4, -0.2) is 52.5 Å². The third-order valence-corrected chi connectivity index (χ3v) is 6.37. The molecule has 0 saturated carbocycles. The number of hydrogen-bond acceptors (Lipinski definition) is 5. The van der Waals surface area contributed by atoms with Crippen LogP contribution in [0.1, 0.15) is 36.3 Å². The highest BCUT2D eigenvalue weighted by molar-refractivity contribution is 7.10. The zero-order valence-corrected chi connectivity index (χ0v) is 18.8. The van der Waals surface area contributed by atoms with Crippen molar-refractivity contribution in [1.29, 1.82) is 0 Å². The summed E-state index contributed by atoms with van der Waals surface area (Å²) in [5.74, 6) is -1.06. The third kappa shape index (κ3) is 6.56. The van der Waals surface area contributed by atoms with Crippen LogP contribution in [0.2, 0.25) is 0 Å². The van der Waals surface area contributed by atoms with Gasteiger partial charge in [0, 0.05) is 17.8 Å². The van der Waals surface area contributed by atoms with Gasteiger partial charge in [-0.25, -0.2) is 4.79 Å². The van der Waals surface area contributed by atoms with Gasteiger partial charge in [-0.3, -0.25) is 4.79 Å². The predicted octanol–water partition coefficient (Wildman–Crippen LogP) is 1.97. The first-order chi connectivity index (χ1) is 14.8. The Kier molecular flexibility index (Phi) is 8.12. The molecule has 0 aliphatic carbocycles. The molecule has 31 heavy (non-hydrogen) atoms. The van der Waals surface area contributed by atoms with E-state index >= 15 is 0 Å². The molecule has 3 amide bonds. The Balaban J connectivity index is 1.71. The van der Waals surface area contributed by atoms with E-state index < -0.39 is 25.0 Å². The minimum atomic E-state index is -1.67. The highest BCUT2D eigenvalue weighted by Gasteiger charge is 2.31. The molecule has 0 radical (unpaired) electrons. The molecule has 9 heteroatoms. The summed E-state index contributed by atoms with van der Waals surface area (Å²) < 4.78 is 0. The molecule has 2 aromatic rings. The molecule has 1 aromatic carbocycles. The lowest BCUT2D eigenvalue weighted by Gasteiger charge is -2.30. The van der Waals surface area contributed by atoms with Crippen LogP contribution >= 0.6 is 11.3 Å². The fourth-order valence-electron chi connectivity index (χ4n) is 3.76. The summed E-state index contributed by atoms with van der Waals surface area (Å²) >= 11 is 1.64. The number of thiophene rings is 1. The van der Waals surface area contributed by atoms with E-state index in [1.165, 1.54) is 10.4 Å². The normalized spacial score (nSPS) is 15.2. The Hall–Kier alpha value is -2.36. The monoisotopic (exact) mass is 443 g/mol. The summed E-state index contributed by atoms with van der Waals surface area (Å²) in [6, 6.07) is 10.4. The average molecular weight is 443 g/mol. The van der Waals surface area contributed by atoms with E-state index in [0.29, 0.717) is 25.9 Å². The van der Waals surface area contributed by atoms with Gasteiger partial charge in [0.25, 0.3) is 0 Å². The van der Waals surface area contributed by atoms with E-state index in [-0.39, 0.29) is 11.9 Å². The lowest BCUT2D eigenvalue weighted by atomic mass is 9.75. The van der Waals surface area contributed by atoms with E-state index in [1.807, 2.05) is 49.6 Å². The van der Waals surface area contributed by atoms with Gasteiger partial charge in [0.2, 0.25) is 5.91 Å². The third-order valence-electron chi connectivity index (χ3n) is 5.42. The summed E-state index contributed by atoms with van der Waals surface area (Å²) in [6.45, 7) is 5.02. The van der Waals surface area contributed by atoms with Gasteiger partial charge in [-0.15, -0.1) is 11.3 Å². The van der Waals surface area contributed by atoms with E-state index in [9.17, 15) is 19.6 Å². The van der Waals surface area contributed by atoms with Crippen molar-refractivity contribution in [1.82, 2.24) is 15.5 Å². The van der Waals surface area contributed by atoms with E-state index in [2.05, 4.69) is 16.7 Å². The summed E-state index contributed by atoms with van der Waals surface area (Å²) in [5, 5.41) is 27.0. The molecule has 2 heterocycles. The zero-order chi connectivity index (χ0) is 22.4. The van der Waals surface area contributed by atoms with Crippen LogP contribution in [0.3, 0.4) is 0 Å². The maximum atomic E-state index is 13.1. The Labute approximate surface area is 187 Å². The van der Waals surface area contributed by atoms with Gasteiger partial charge in [0.1, 0.15) is 6.04 Å².